The summed E-state index contributed by atoms with van der Waals surface area (Å²) >= 11 is 1.76. The van der Waals surface area contributed by atoms with Crippen molar-refractivity contribution in [3.63, 3.8) is 0 Å². The lowest BCUT2D eigenvalue weighted by Gasteiger charge is -2.28. The van der Waals surface area contributed by atoms with E-state index in [4.69, 9.17) is 0 Å². The van der Waals surface area contributed by atoms with Crippen molar-refractivity contribution in [2.75, 3.05) is 19.1 Å². The summed E-state index contributed by atoms with van der Waals surface area (Å²) in [5.41, 5.74) is 3.19. The average Bonchev–Trinajstić information content (AvgIpc) is 2.54. The maximum atomic E-state index is 11.6. The molecule has 0 unspecified atom stereocenters. The lowest BCUT2D eigenvalue weighted by molar-refractivity contribution is 0.240. The molecule has 7 heteroatoms. The summed E-state index contributed by atoms with van der Waals surface area (Å²) < 4.78 is 23.1. The molecule has 0 spiro atoms. The number of sulfone groups is 1. The number of benzene rings is 1. The third-order valence-corrected chi connectivity index (χ3v) is 5.61. The van der Waals surface area contributed by atoms with Gasteiger partial charge in [-0.25, -0.2) is 18.4 Å². The molecule has 0 amide bonds. The van der Waals surface area contributed by atoms with Crippen LogP contribution in [0.1, 0.15) is 16.8 Å². The summed E-state index contributed by atoms with van der Waals surface area (Å²) in [6.07, 6.45) is 5.64. The van der Waals surface area contributed by atoms with Crippen LogP contribution < -0.4 is 0 Å². The Bertz CT molecular complexity index is 822. The molecule has 5 nitrogen and oxygen atoms in total. The van der Waals surface area contributed by atoms with Gasteiger partial charge < -0.3 is 0 Å². The van der Waals surface area contributed by atoms with Crippen molar-refractivity contribution in [1.29, 1.82) is 0 Å². The third-order valence-electron chi connectivity index (χ3n) is 3.91. The van der Waals surface area contributed by atoms with Gasteiger partial charge in [0.05, 0.1) is 5.69 Å². The number of hydrogen-bond acceptors (Lipinski definition) is 6. The smallest absolute Gasteiger partial charge is 0.246 e. The first kappa shape index (κ1) is 16.4. The molecule has 0 atom stereocenters. The fourth-order valence-corrected chi connectivity index (χ4v) is 3.87. The minimum atomic E-state index is -3.35. The molecule has 23 heavy (non-hydrogen) atoms. The quantitative estimate of drug-likeness (QED) is 0.623. The number of thioether (sulfide) groups is 1. The van der Waals surface area contributed by atoms with Gasteiger partial charge in [-0.1, -0.05) is 18.2 Å². The average molecular weight is 349 g/mol. The molecule has 0 saturated carbocycles. The van der Waals surface area contributed by atoms with Crippen LogP contribution in [0.3, 0.4) is 0 Å². The predicted molar refractivity (Wildman–Crippen MR) is 91.2 cm³/mol. The first-order valence-electron chi connectivity index (χ1n) is 7.36. The number of aromatic nitrogens is 2. The largest absolute Gasteiger partial charge is 0.294 e. The second kappa shape index (κ2) is 6.59. The number of fused-ring (bicyclic) bond motifs is 1. The highest BCUT2D eigenvalue weighted by molar-refractivity contribution is 7.98. The molecular formula is C16H19N3O2S2. The molecule has 0 saturated heterocycles. The van der Waals surface area contributed by atoms with Crippen molar-refractivity contribution in [2.45, 2.75) is 29.6 Å². The highest BCUT2D eigenvalue weighted by Crippen LogP contribution is 2.24. The van der Waals surface area contributed by atoms with Crippen molar-refractivity contribution < 1.29 is 8.42 Å². The highest BCUT2D eigenvalue weighted by Gasteiger charge is 2.21. The topological polar surface area (TPSA) is 63.2 Å². The molecule has 3 rings (SSSR count). The van der Waals surface area contributed by atoms with E-state index in [1.54, 1.807) is 18.0 Å². The molecule has 0 bridgehead atoms. The van der Waals surface area contributed by atoms with E-state index in [2.05, 4.69) is 45.4 Å². The van der Waals surface area contributed by atoms with Gasteiger partial charge in [-0.05, 0) is 17.9 Å². The number of nitrogens with zero attached hydrogens (tertiary/aromatic N) is 3. The Labute approximate surface area is 141 Å². The molecule has 2 aromatic rings. The summed E-state index contributed by atoms with van der Waals surface area (Å²) in [4.78, 5) is 11.9. The van der Waals surface area contributed by atoms with Gasteiger partial charge >= 0.3 is 0 Å². The van der Waals surface area contributed by atoms with E-state index >= 15 is 0 Å². The SMILES string of the molecule is CSc1ccccc1CN1CCc2nc(S(C)(=O)=O)ncc2C1. The monoisotopic (exact) mass is 349 g/mol. The minimum Gasteiger partial charge on any atom is -0.294 e. The first-order valence-corrected chi connectivity index (χ1v) is 10.5. The van der Waals surface area contributed by atoms with Crippen LogP contribution in [0.15, 0.2) is 40.5 Å². The zero-order valence-corrected chi connectivity index (χ0v) is 14.8. The van der Waals surface area contributed by atoms with Gasteiger partial charge in [-0.3, -0.25) is 4.90 Å². The molecule has 0 aliphatic carbocycles. The number of hydrogen-bond donors (Lipinski definition) is 0. The Kier molecular flexibility index (Phi) is 4.70. The van der Waals surface area contributed by atoms with Crippen molar-refractivity contribution in [3.05, 3.63) is 47.3 Å². The molecule has 1 aromatic carbocycles. The van der Waals surface area contributed by atoms with Gasteiger partial charge in [0, 0.05) is 49.0 Å². The lowest BCUT2D eigenvalue weighted by atomic mass is 10.1. The molecule has 0 radical (unpaired) electrons. The fourth-order valence-electron chi connectivity index (χ4n) is 2.74. The summed E-state index contributed by atoms with van der Waals surface area (Å²) in [6.45, 7) is 2.50. The van der Waals surface area contributed by atoms with Crippen LogP contribution in [0.25, 0.3) is 0 Å². The minimum absolute atomic E-state index is 0.0718. The van der Waals surface area contributed by atoms with Crippen LogP contribution in [0, 0.1) is 0 Å². The second-order valence-corrected chi connectivity index (χ2v) is 8.43. The summed E-state index contributed by atoms with van der Waals surface area (Å²) in [5, 5.41) is -0.0718. The maximum Gasteiger partial charge on any atom is 0.246 e. The molecular weight excluding hydrogens is 330 g/mol. The zero-order valence-electron chi connectivity index (χ0n) is 13.2. The van der Waals surface area contributed by atoms with E-state index in [0.717, 1.165) is 43.6 Å². The highest BCUT2D eigenvalue weighted by atomic mass is 32.2. The van der Waals surface area contributed by atoms with E-state index in [-0.39, 0.29) is 5.16 Å². The summed E-state index contributed by atoms with van der Waals surface area (Å²) in [6, 6.07) is 8.42. The van der Waals surface area contributed by atoms with E-state index < -0.39 is 9.84 Å². The van der Waals surface area contributed by atoms with Crippen molar-refractivity contribution in [3.8, 4) is 0 Å². The van der Waals surface area contributed by atoms with E-state index in [0.29, 0.717) is 0 Å². The third kappa shape index (κ3) is 3.73. The van der Waals surface area contributed by atoms with E-state index in [1.165, 1.54) is 10.5 Å². The molecule has 1 aliphatic rings. The molecule has 0 fully saturated rings. The van der Waals surface area contributed by atoms with Crippen molar-refractivity contribution in [1.82, 2.24) is 14.9 Å². The zero-order chi connectivity index (χ0) is 16.4. The maximum absolute atomic E-state index is 11.6. The van der Waals surface area contributed by atoms with Crippen LogP contribution in [-0.4, -0.2) is 42.3 Å². The van der Waals surface area contributed by atoms with Crippen molar-refractivity contribution >= 4 is 21.6 Å². The van der Waals surface area contributed by atoms with Crippen molar-refractivity contribution in [2.24, 2.45) is 0 Å². The van der Waals surface area contributed by atoms with Gasteiger partial charge in [0.1, 0.15) is 0 Å². The van der Waals surface area contributed by atoms with Crippen LogP contribution in [0.2, 0.25) is 0 Å². The van der Waals surface area contributed by atoms with Crippen LogP contribution >= 0.6 is 11.8 Å². The van der Waals surface area contributed by atoms with Gasteiger partial charge in [0.2, 0.25) is 15.0 Å². The molecule has 1 aliphatic heterocycles. The van der Waals surface area contributed by atoms with E-state index in [9.17, 15) is 8.42 Å². The number of rotatable bonds is 4. The fraction of sp³-hybridized carbons (Fsp3) is 0.375. The van der Waals surface area contributed by atoms with Crippen LogP contribution in [0.5, 0.6) is 0 Å². The Hall–Kier alpha value is -1.44. The standard InChI is InChI=1S/C16H19N3O2S2/c1-22-15-6-4-3-5-12(15)10-19-8-7-14-13(11-19)9-17-16(18-14)23(2,20)21/h3-6,9H,7-8,10-11H2,1-2H3. The van der Waals surface area contributed by atoms with Crippen LogP contribution in [-0.2, 0) is 29.3 Å². The van der Waals surface area contributed by atoms with Gasteiger partial charge in [0.15, 0.2) is 0 Å². The first-order chi connectivity index (χ1) is 11.0. The predicted octanol–water partition coefficient (Wildman–Crippen LogP) is 2.16. The molecule has 0 N–H and O–H groups in total. The molecule has 122 valence electrons. The van der Waals surface area contributed by atoms with Gasteiger partial charge in [-0.2, -0.15) is 0 Å². The van der Waals surface area contributed by atoms with Gasteiger partial charge in [0.25, 0.3) is 0 Å². The Balaban J connectivity index is 1.78. The molecule has 1 aromatic heterocycles. The Morgan fingerprint density at radius 1 is 1.30 bits per heavy atom. The second-order valence-electron chi connectivity index (χ2n) is 5.67. The van der Waals surface area contributed by atoms with E-state index in [1.807, 2.05) is 0 Å². The molecule has 2 heterocycles. The summed E-state index contributed by atoms with van der Waals surface area (Å²) in [7, 11) is -3.35. The Morgan fingerprint density at radius 3 is 2.83 bits per heavy atom. The Morgan fingerprint density at radius 2 is 2.09 bits per heavy atom. The summed E-state index contributed by atoms with van der Waals surface area (Å²) in [5.74, 6) is 0. The van der Waals surface area contributed by atoms with Crippen LogP contribution in [0.4, 0.5) is 0 Å². The normalized spacial score (nSPS) is 15.4. The van der Waals surface area contributed by atoms with Gasteiger partial charge in [-0.15, -0.1) is 11.8 Å². The lowest BCUT2D eigenvalue weighted by Crippen LogP contribution is -2.31.